The van der Waals surface area contributed by atoms with Crippen molar-refractivity contribution < 1.29 is 41.4 Å². The Morgan fingerprint density at radius 3 is 1.85 bits per heavy atom. The third-order valence-corrected chi connectivity index (χ3v) is 8.88. The van der Waals surface area contributed by atoms with Gasteiger partial charge >= 0.3 is 12.1 Å². The van der Waals surface area contributed by atoms with E-state index in [9.17, 15) is 31.5 Å². The molecule has 0 bridgehead atoms. The molecule has 47 heavy (non-hydrogen) atoms. The van der Waals surface area contributed by atoms with Crippen LogP contribution in [0.5, 0.6) is 0 Å². The number of nitrogens with zero attached hydrogens (tertiary/aromatic N) is 1. The first-order valence-corrected chi connectivity index (χ1v) is 16.0. The molecule has 3 aromatic rings. The van der Waals surface area contributed by atoms with Gasteiger partial charge in [-0.2, -0.15) is 13.2 Å². The van der Waals surface area contributed by atoms with Crippen molar-refractivity contribution in [2.45, 2.75) is 56.3 Å². The maximum Gasteiger partial charge on any atom is 0.490 e. The molecule has 7 nitrogen and oxygen atoms in total. The molecule has 13 heteroatoms. The molecule has 3 aromatic carbocycles. The van der Waals surface area contributed by atoms with Crippen molar-refractivity contribution in [3.05, 3.63) is 106 Å². The maximum atomic E-state index is 13.9. The molecule has 1 aliphatic heterocycles. The number of carboxylic acids is 1. The van der Waals surface area contributed by atoms with Gasteiger partial charge in [0, 0.05) is 16.4 Å². The molecule has 1 saturated heterocycles. The molecule has 5 rings (SSSR count). The van der Waals surface area contributed by atoms with Crippen LogP contribution in [-0.4, -0.2) is 59.6 Å². The van der Waals surface area contributed by atoms with E-state index < -0.39 is 18.2 Å². The zero-order chi connectivity index (χ0) is 34.1. The fourth-order valence-corrected chi connectivity index (χ4v) is 6.29. The monoisotopic (exact) mass is 723 g/mol. The van der Waals surface area contributed by atoms with Crippen molar-refractivity contribution in [1.29, 1.82) is 0 Å². The fourth-order valence-electron chi connectivity index (χ4n) is 6.03. The second kappa shape index (κ2) is 16.3. The molecule has 3 N–H and O–H groups in total. The summed E-state index contributed by atoms with van der Waals surface area (Å²) in [5.74, 6) is -3.99. The molecule has 2 aliphatic rings. The summed E-state index contributed by atoms with van der Waals surface area (Å²) in [5, 5.41) is 13.5. The molecule has 252 valence electrons. The average Bonchev–Trinajstić information content (AvgIpc) is 3.54. The highest BCUT2D eigenvalue weighted by Crippen LogP contribution is 2.39. The number of carbonyl (C=O) groups is 3. The number of nitrogens with one attached hydrogen (secondary N) is 2. The first-order valence-electron chi connectivity index (χ1n) is 15.2. The number of benzene rings is 3. The van der Waals surface area contributed by atoms with Crippen LogP contribution in [-0.2, 0) is 14.4 Å². The third-order valence-electron chi connectivity index (χ3n) is 8.35. The van der Waals surface area contributed by atoms with Gasteiger partial charge in [0.1, 0.15) is 11.6 Å². The Hall–Kier alpha value is -3.84. The van der Waals surface area contributed by atoms with Crippen molar-refractivity contribution in [2.75, 3.05) is 19.6 Å². The van der Waals surface area contributed by atoms with Crippen molar-refractivity contribution in [3.63, 3.8) is 0 Å². The largest absolute Gasteiger partial charge is 0.490 e. The summed E-state index contributed by atoms with van der Waals surface area (Å²) in [5.41, 5.74) is 2.47. The lowest BCUT2D eigenvalue weighted by molar-refractivity contribution is -0.192. The normalized spacial score (nSPS) is 19.9. The molecule has 0 aromatic heterocycles. The van der Waals surface area contributed by atoms with Gasteiger partial charge in [-0.1, -0.05) is 52.3 Å². The Morgan fingerprint density at radius 1 is 0.851 bits per heavy atom. The lowest BCUT2D eigenvalue weighted by Crippen LogP contribution is -2.47. The van der Waals surface area contributed by atoms with E-state index in [1.54, 1.807) is 24.3 Å². The molecule has 2 amide bonds. The molecule has 3 atom stereocenters. The first kappa shape index (κ1) is 36.0. The second-order valence-corrected chi connectivity index (χ2v) is 12.6. The number of rotatable bonds is 8. The van der Waals surface area contributed by atoms with E-state index >= 15 is 0 Å². The van der Waals surface area contributed by atoms with Crippen LogP contribution in [0.4, 0.5) is 22.0 Å². The van der Waals surface area contributed by atoms with Gasteiger partial charge in [-0.25, -0.2) is 13.6 Å². The van der Waals surface area contributed by atoms with Gasteiger partial charge in [0.2, 0.25) is 11.8 Å². The number of halogens is 6. The summed E-state index contributed by atoms with van der Waals surface area (Å²) < 4.78 is 60.1. The molecular weight excluding hydrogens is 689 g/mol. The minimum atomic E-state index is -5.08. The number of hydrogen-bond acceptors (Lipinski definition) is 4. The van der Waals surface area contributed by atoms with E-state index in [4.69, 9.17) is 9.90 Å². The molecule has 1 aliphatic carbocycles. The van der Waals surface area contributed by atoms with Gasteiger partial charge in [-0.15, -0.1) is 0 Å². The number of aliphatic carboxylic acids is 1. The summed E-state index contributed by atoms with van der Waals surface area (Å²) >= 11 is 3.50. The molecule has 1 heterocycles. The summed E-state index contributed by atoms with van der Waals surface area (Å²) in [6.45, 7) is 2.34. The Balaban J connectivity index is 0.000000644. The molecule has 2 fully saturated rings. The smallest absolute Gasteiger partial charge is 0.475 e. The van der Waals surface area contributed by atoms with Gasteiger partial charge in [0.25, 0.3) is 0 Å². The topological polar surface area (TPSA) is 98.7 Å². The van der Waals surface area contributed by atoms with E-state index in [-0.39, 0.29) is 41.3 Å². The van der Waals surface area contributed by atoms with Crippen molar-refractivity contribution in [1.82, 2.24) is 15.5 Å². The molecule has 0 unspecified atom stereocenters. The van der Waals surface area contributed by atoms with E-state index in [0.717, 1.165) is 36.0 Å². The van der Waals surface area contributed by atoms with Gasteiger partial charge < -0.3 is 15.7 Å². The predicted molar refractivity (Wildman–Crippen MR) is 168 cm³/mol. The van der Waals surface area contributed by atoms with Crippen LogP contribution in [0.1, 0.15) is 60.8 Å². The lowest BCUT2D eigenvalue weighted by Gasteiger charge is -2.37. The number of amides is 2. The Morgan fingerprint density at radius 2 is 1.36 bits per heavy atom. The average molecular weight is 725 g/mol. The second-order valence-electron chi connectivity index (χ2n) is 11.7. The highest BCUT2D eigenvalue weighted by Gasteiger charge is 2.39. The van der Waals surface area contributed by atoms with E-state index in [1.807, 2.05) is 24.3 Å². The first-order chi connectivity index (χ1) is 22.3. The number of alkyl halides is 3. The van der Waals surface area contributed by atoms with Gasteiger partial charge in [0.05, 0.1) is 12.6 Å². The number of carbonyl (C=O) groups excluding carboxylic acids is 2. The fraction of sp³-hybridized carbons (Fsp3) is 0.382. The predicted octanol–water partition coefficient (Wildman–Crippen LogP) is 6.73. The Bertz CT molecular complexity index is 1450. The Labute approximate surface area is 277 Å². The molecule has 0 spiro atoms. The highest BCUT2D eigenvalue weighted by molar-refractivity contribution is 9.10. The molecular formula is C34H35BrF5N3O4. The van der Waals surface area contributed by atoms with Crippen LogP contribution < -0.4 is 10.6 Å². The Kier molecular flexibility index (Phi) is 12.5. The minimum absolute atomic E-state index is 0.0159. The van der Waals surface area contributed by atoms with Gasteiger partial charge in [0.15, 0.2) is 0 Å². The van der Waals surface area contributed by atoms with Crippen molar-refractivity contribution in [2.24, 2.45) is 5.92 Å². The van der Waals surface area contributed by atoms with Crippen LogP contribution in [0.2, 0.25) is 0 Å². The zero-order valence-corrected chi connectivity index (χ0v) is 26.9. The van der Waals surface area contributed by atoms with Gasteiger partial charge in [-0.05, 0) is 104 Å². The summed E-state index contributed by atoms with van der Waals surface area (Å²) in [4.78, 5) is 37.8. The van der Waals surface area contributed by atoms with Crippen LogP contribution in [0.3, 0.4) is 0 Å². The van der Waals surface area contributed by atoms with Crippen molar-refractivity contribution >= 4 is 33.7 Å². The minimum Gasteiger partial charge on any atom is -0.475 e. The summed E-state index contributed by atoms with van der Waals surface area (Å²) in [6, 6.07) is 19.4. The highest BCUT2D eigenvalue weighted by atomic mass is 79.9. The lowest BCUT2D eigenvalue weighted by atomic mass is 9.73. The molecule has 1 saturated carbocycles. The van der Waals surface area contributed by atoms with Gasteiger partial charge in [-0.3, -0.25) is 14.5 Å². The number of likely N-dealkylation sites (tertiary alicyclic amines) is 1. The molecule has 0 radical (unpaired) electrons. The quantitative estimate of drug-likeness (QED) is 0.224. The number of hydrogen-bond donors (Lipinski definition) is 3. The standard InChI is InChI=1S/C32H34BrF2N3O2.C2HF3O2/c33-24-9-3-21(4-10-24)29-19-27(36-30(39)20-38-17-1-2-18-38)15-16-28(29)32(40)37-31(22-5-11-25(34)12-6-22)23-7-13-26(35)14-8-23;3-2(4,5)1(6)7/h3-14,27-29,31H,1-2,15-20H2,(H,36,39)(H,37,40);(H,6,7)/t27-,28-,29+;/m1./s1. The van der Waals surface area contributed by atoms with Crippen LogP contribution in [0, 0.1) is 17.6 Å². The summed E-state index contributed by atoms with van der Waals surface area (Å²) in [6.07, 6.45) is -0.843. The maximum absolute atomic E-state index is 13.9. The van der Waals surface area contributed by atoms with E-state index in [2.05, 4.69) is 31.5 Å². The SMILES string of the molecule is O=C(CN1CCCC1)N[C@@H]1CC[C@@H](C(=O)NC(c2ccc(F)cc2)c2ccc(F)cc2)[C@H](c2ccc(Br)cc2)C1.O=C(O)C(F)(F)F. The zero-order valence-electron chi connectivity index (χ0n) is 25.3. The van der Waals surface area contributed by atoms with Crippen LogP contribution in [0.15, 0.2) is 77.3 Å². The van der Waals surface area contributed by atoms with Crippen LogP contribution in [0.25, 0.3) is 0 Å². The van der Waals surface area contributed by atoms with E-state index in [1.165, 1.54) is 24.3 Å². The van der Waals surface area contributed by atoms with E-state index in [0.29, 0.717) is 36.9 Å². The van der Waals surface area contributed by atoms with Crippen molar-refractivity contribution in [3.8, 4) is 0 Å². The number of carboxylic acid groups (broad SMARTS) is 1. The van der Waals surface area contributed by atoms with Crippen LogP contribution >= 0.6 is 15.9 Å². The third kappa shape index (κ3) is 10.6. The summed E-state index contributed by atoms with van der Waals surface area (Å²) in [7, 11) is 0.